The van der Waals surface area contributed by atoms with Crippen LogP contribution in [0.25, 0.3) is 6.08 Å². The molecule has 1 aliphatic heterocycles. The van der Waals surface area contributed by atoms with Gasteiger partial charge in [-0.25, -0.2) is 9.59 Å². The van der Waals surface area contributed by atoms with Gasteiger partial charge >= 0.3 is 11.9 Å². The summed E-state index contributed by atoms with van der Waals surface area (Å²) in [5, 5.41) is -0.532. The molecule has 0 N–H and O–H groups in total. The van der Waals surface area contributed by atoms with Crippen molar-refractivity contribution in [1.29, 1.82) is 0 Å². The Kier molecular flexibility index (Phi) is 8.27. The molecule has 1 heterocycles. The Labute approximate surface area is 180 Å². The van der Waals surface area contributed by atoms with Crippen LogP contribution in [0.2, 0.25) is 0 Å². The summed E-state index contributed by atoms with van der Waals surface area (Å²) >= 11 is 4.10. The van der Waals surface area contributed by atoms with Gasteiger partial charge in [0, 0.05) is 0 Å². The number of ether oxygens (including phenoxy) is 3. The zero-order chi connectivity index (χ0) is 21.6. The second-order valence-electron chi connectivity index (χ2n) is 5.76. The van der Waals surface area contributed by atoms with Gasteiger partial charge in [-0.3, -0.25) is 14.5 Å². The third-order valence-corrected chi connectivity index (χ3v) is 5.25. The predicted octanol–water partition coefficient (Wildman–Crippen LogP) is 3.38. The van der Waals surface area contributed by atoms with Crippen LogP contribution in [0, 0.1) is 0 Å². The van der Waals surface area contributed by atoms with Crippen molar-refractivity contribution < 1.29 is 33.4 Å². The lowest BCUT2D eigenvalue weighted by atomic mass is 10.2. The Morgan fingerprint density at radius 2 is 1.90 bits per heavy atom. The van der Waals surface area contributed by atoms with E-state index in [0.29, 0.717) is 15.8 Å². The molecule has 2 rings (SSSR count). The molecule has 1 fully saturated rings. The van der Waals surface area contributed by atoms with E-state index < -0.39 is 29.1 Å². The van der Waals surface area contributed by atoms with Gasteiger partial charge in [-0.2, -0.15) is 0 Å². The third kappa shape index (κ3) is 5.83. The standard InChI is InChI=1S/C19H20BrNO7S/c1-4-26-16(22)10-28-14-7-6-12(8-13(14)20)9-15-17(23)21(19(25)29-15)11(3)18(24)27-5-2/h6-9,11H,4-5,10H2,1-3H3/b15-9-. The summed E-state index contributed by atoms with van der Waals surface area (Å²) in [6.45, 7) is 5.01. The van der Waals surface area contributed by atoms with Crippen molar-refractivity contribution in [2.75, 3.05) is 19.8 Å². The van der Waals surface area contributed by atoms with Crippen LogP contribution in [0.4, 0.5) is 4.79 Å². The number of carbonyl (C=O) groups is 4. The van der Waals surface area contributed by atoms with Crippen LogP contribution in [0.1, 0.15) is 26.3 Å². The minimum absolute atomic E-state index is 0.161. The van der Waals surface area contributed by atoms with E-state index in [4.69, 9.17) is 14.2 Å². The molecule has 0 aliphatic carbocycles. The number of nitrogens with zero attached hydrogens (tertiary/aromatic N) is 1. The van der Waals surface area contributed by atoms with Gasteiger partial charge in [-0.1, -0.05) is 6.07 Å². The molecule has 0 bridgehead atoms. The molecule has 1 unspecified atom stereocenters. The van der Waals surface area contributed by atoms with Crippen molar-refractivity contribution in [3.63, 3.8) is 0 Å². The highest BCUT2D eigenvalue weighted by Gasteiger charge is 2.41. The highest BCUT2D eigenvalue weighted by atomic mass is 79.9. The second kappa shape index (κ2) is 10.4. The number of halogens is 1. The molecule has 29 heavy (non-hydrogen) atoms. The average molecular weight is 486 g/mol. The third-order valence-electron chi connectivity index (χ3n) is 3.74. The maximum absolute atomic E-state index is 12.6. The molecule has 0 spiro atoms. The summed E-state index contributed by atoms with van der Waals surface area (Å²) < 4.78 is 15.6. The number of esters is 2. The SMILES string of the molecule is CCOC(=O)COc1ccc(/C=C2\SC(=O)N(C(C)C(=O)OCC)C2=O)cc1Br. The molecule has 10 heteroatoms. The largest absolute Gasteiger partial charge is 0.481 e. The van der Waals surface area contributed by atoms with Crippen molar-refractivity contribution in [2.45, 2.75) is 26.8 Å². The van der Waals surface area contributed by atoms with Crippen molar-refractivity contribution in [3.8, 4) is 5.75 Å². The number of amides is 2. The maximum atomic E-state index is 12.6. The predicted molar refractivity (Wildman–Crippen MR) is 110 cm³/mol. The van der Waals surface area contributed by atoms with Crippen LogP contribution in [0.3, 0.4) is 0 Å². The van der Waals surface area contributed by atoms with E-state index in [1.165, 1.54) is 6.92 Å². The van der Waals surface area contributed by atoms with Gasteiger partial charge < -0.3 is 14.2 Å². The lowest BCUT2D eigenvalue weighted by Gasteiger charge is -2.19. The fourth-order valence-corrected chi connectivity index (χ4v) is 3.82. The molecule has 8 nitrogen and oxygen atoms in total. The second-order valence-corrected chi connectivity index (χ2v) is 7.61. The van der Waals surface area contributed by atoms with E-state index in [1.54, 1.807) is 38.1 Å². The van der Waals surface area contributed by atoms with E-state index in [9.17, 15) is 19.2 Å². The fraction of sp³-hybridized carbons (Fsp3) is 0.368. The molecule has 0 radical (unpaired) electrons. The lowest BCUT2D eigenvalue weighted by molar-refractivity contribution is -0.150. The first-order chi connectivity index (χ1) is 13.8. The first-order valence-electron chi connectivity index (χ1n) is 8.80. The number of rotatable bonds is 8. The van der Waals surface area contributed by atoms with Gasteiger partial charge in [0.25, 0.3) is 11.1 Å². The van der Waals surface area contributed by atoms with E-state index in [2.05, 4.69) is 15.9 Å². The van der Waals surface area contributed by atoms with Gasteiger partial charge in [-0.15, -0.1) is 0 Å². The highest BCUT2D eigenvalue weighted by molar-refractivity contribution is 9.10. The van der Waals surface area contributed by atoms with Gasteiger partial charge in [0.1, 0.15) is 11.8 Å². The first kappa shape index (κ1) is 23.0. The number of carbonyl (C=O) groups excluding carboxylic acids is 4. The summed E-state index contributed by atoms with van der Waals surface area (Å²) in [5.41, 5.74) is 0.634. The van der Waals surface area contributed by atoms with Crippen LogP contribution in [-0.2, 0) is 23.9 Å². The van der Waals surface area contributed by atoms with E-state index in [0.717, 1.165) is 16.7 Å². The normalized spacial score (nSPS) is 16.1. The Balaban J connectivity index is 2.12. The monoisotopic (exact) mass is 485 g/mol. The highest BCUT2D eigenvalue weighted by Crippen LogP contribution is 2.35. The van der Waals surface area contributed by atoms with Gasteiger partial charge in [0.05, 0.1) is 22.6 Å². The van der Waals surface area contributed by atoms with Crippen molar-refractivity contribution in [3.05, 3.63) is 33.1 Å². The maximum Gasteiger partial charge on any atom is 0.344 e. The van der Waals surface area contributed by atoms with Gasteiger partial charge in [0.2, 0.25) is 0 Å². The number of hydrogen-bond acceptors (Lipinski definition) is 8. The summed E-state index contributed by atoms with van der Waals surface area (Å²) in [7, 11) is 0. The Bertz CT molecular complexity index is 855. The molecule has 0 saturated carbocycles. The first-order valence-corrected chi connectivity index (χ1v) is 10.4. The number of imide groups is 1. The minimum Gasteiger partial charge on any atom is -0.481 e. The zero-order valence-corrected chi connectivity index (χ0v) is 18.5. The van der Waals surface area contributed by atoms with E-state index in [-0.39, 0.29) is 24.7 Å². The topological polar surface area (TPSA) is 99.2 Å². The van der Waals surface area contributed by atoms with Crippen LogP contribution in [0.5, 0.6) is 5.75 Å². The molecule has 2 amide bonds. The summed E-state index contributed by atoms with van der Waals surface area (Å²) in [6, 6.07) is 3.98. The minimum atomic E-state index is -1.00. The molecule has 1 saturated heterocycles. The molecule has 1 aromatic rings. The van der Waals surface area contributed by atoms with Crippen LogP contribution in [-0.4, -0.2) is 53.8 Å². The van der Waals surface area contributed by atoms with E-state index >= 15 is 0 Å². The number of benzene rings is 1. The van der Waals surface area contributed by atoms with Crippen molar-refractivity contribution in [2.24, 2.45) is 0 Å². The van der Waals surface area contributed by atoms with Gasteiger partial charge in [0.15, 0.2) is 6.61 Å². The summed E-state index contributed by atoms with van der Waals surface area (Å²) in [4.78, 5) is 49.1. The lowest BCUT2D eigenvalue weighted by Crippen LogP contribution is -2.42. The molecular formula is C19H20BrNO7S. The zero-order valence-electron chi connectivity index (χ0n) is 16.1. The van der Waals surface area contributed by atoms with Crippen LogP contribution < -0.4 is 4.74 Å². The van der Waals surface area contributed by atoms with Crippen LogP contribution >= 0.6 is 27.7 Å². The van der Waals surface area contributed by atoms with Crippen molar-refractivity contribution in [1.82, 2.24) is 4.90 Å². The molecule has 1 aliphatic rings. The molecule has 1 atom stereocenters. The Morgan fingerprint density at radius 3 is 2.52 bits per heavy atom. The molecule has 1 aromatic carbocycles. The molecule has 0 aromatic heterocycles. The molecular weight excluding hydrogens is 466 g/mol. The van der Waals surface area contributed by atoms with Gasteiger partial charge in [-0.05, 0) is 72.2 Å². The van der Waals surface area contributed by atoms with Crippen LogP contribution in [0.15, 0.2) is 27.6 Å². The fourth-order valence-electron chi connectivity index (χ4n) is 2.40. The quantitative estimate of drug-likeness (QED) is 0.408. The number of thioether (sulfide) groups is 1. The number of hydrogen-bond donors (Lipinski definition) is 0. The van der Waals surface area contributed by atoms with E-state index in [1.807, 2.05) is 0 Å². The summed E-state index contributed by atoms with van der Waals surface area (Å²) in [5.74, 6) is -1.24. The summed E-state index contributed by atoms with van der Waals surface area (Å²) in [6.07, 6.45) is 1.54. The molecule has 156 valence electrons. The van der Waals surface area contributed by atoms with Crippen molar-refractivity contribution >= 4 is 56.9 Å². The smallest absolute Gasteiger partial charge is 0.344 e. The Morgan fingerprint density at radius 1 is 1.21 bits per heavy atom. The Hall–Kier alpha value is -2.33. The average Bonchev–Trinajstić information content (AvgIpc) is 2.94.